The van der Waals surface area contributed by atoms with Gasteiger partial charge in [0.1, 0.15) is 4.88 Å². The first-order valence-electron chi connectivity index (χ1n) is 6.98. The fourth-order valence-electron chi connectivity index (χ4n) is 2.65. The van der Waals surface area contributed by atoms with E-state index < -0.39 is 5.97 Å². The molecule has 1 aromatic heterocycles. The van der Waals surface area contributed by atoms with Gasteiger partial charge in [0.05, 0.1) is 13.2 Å². The maximum atomic E-state index is 11.6. The van der Waals surface area contributed by atoms with Crippen molar-refractivity contribution in [2.75, 3.05) is 13.2 Å². The van der Waals surface area contributed by atoms with Crippen molar-refractivity contribution in [3.63, 3.8) is 0 Å². The second kappa shape index (κ2) is 4.91. The van der Waals surface area contributed by atoms with Gasteiger partial charge in [0, 0.05) is 22.6 Å². The number of hydrogen-bond donors (Lipinski definition) is 1. The van der Waals surface area contributed by atoms with Crippen LogP contribution in [0.5, 0.6) is 11.5 Å². The minimum atomic E-state index is -0.877. The Hall–Kier alpha value is -1.75. The number of benzene rings is 1. The van der Waals surface area contributed by atoms with Gasteiger partial charge in [-0.3, -0.25) is 0 Å². The maximum absolute atomic E-state index is 11.6. The van der Waals surface area contributed by atoms with Crippen molar-refractivity contribution >= 4 is 27.4 Å². The molecule has 1 aliphatic rings. The van der Waals surface area contributed by atoms with E-state index in [0.717, 1.165) is 22.1 Å². The number of fused-ring (bicyclic) bond motifs is 2. The molecule has 0 saturated carbocycles. The van der Waals surface area contributed by atoms with Crippen LogP contribution in [-0.4, -0.2) is 24.3 Å². The molecule has 2 aromatic rings. The SMILES string of the molecule is CC(C)(C)c1c(C(=O)O)sc2cc3c(cc12)OCCCO3. The van der Waals surface area contributed by atoms with Crippen LogP contribution in [0.25, 0.3) is 10.1 Å². The van der Waals surface area contributed by atoms with Crippen molar-refractivity contribution in [2.24, 2.45) is 0 Å². The van der Waals surface area contributed by atoms with E-state index in [2.05, 4.69) is 0 Å². The largest absolute Gasteiger partial charge is 0.490 e. The van der Waals surface area contributed by atoms with Crippen LogP contribution >= 0.6 is 11.3 Å². The van der Waals surface area contributed by atoms with E-state index in [1.54, 1.807) is 0 Å². The molecule has 0 spiro atoms. The van der Waals surface area contributed by atoms with Crippen molar-refractivity contribution in [1.82, 2.24) is 0 Å². The van der Waals surface area contributed by atoms with Gasteiger partial charge in [-0.1, -0.05) is 20.8 Å². The molecule has 3 rings (SSSR count). The van der Waals surface area contributed by atoms with Crippen molar-refractivity contribution in [3.05, 3.63) is 22.6 Å². The maximum Gasteiger partial charge on any atom is 0.346 e. The number of ether oxygens (including phenoxy) is 2. The monoisotopic (exact) mass is 306 g/mol. The summed E-state index contributed by atoms with van der Waals surface area (Å²) in [4.78, 5) is 12.0. The second-order valence-corrected chi connectivity index (χ2v) is 7.26. The molecule has 0 aliphatic carbocycles. The third-order valence-electron chi connectivity index (χ3n) is 3.50. The fourth-order valence-corrected chi connectivity index (χ4v) is 3.91. The van der Waals surface area contributed by atoms with Gasteiger partial charge in [0.2, 0.25) is 0 Å². The van der Waals surface area contributed by atoms with E-state index in [1.165, 1.54) is 11.3 Å². The predicted molar refractivity (Wildman–Crippen MR) is 83.1 cm³/mol. The lowest BCUT2D eigenvalue weighted by molar-refractivity contribution is 0.0700. The first kappa shape index (κ1) is 14.2. The number of carboxylic acid groups (broad SMARTS) is 1. The Morgan fingerprint density at radius 3 is 2.38 bits per heavy atom. The molecule has 0 unspecified atom stereocenters. The summed E-state index contributed by atoms with van der Waals surface area (Å²) in [5.41, 5.74) is 0.622. The van der Waals surface area contributed by atoms with Crippen LogP contribution in [0.2, 0.25) is 0 Å². The van der Waals surface area contributed by atoms with E-state index in [4.69, 9.17) is 9.47 Å². The number of carboxylic acids is 1. The van der Waals surface area contributed by atoms with E-state index in [0.29, 0.717) is 29.6 Å². The highest BCUT2D eigenvalue weighted by atomic mass is 32.1. The molecular weight excluding hydrogens is 288 g/mol. The Kier molecular flexibility index (Phi) is 3.32. The van der Waals surface area contributed by atoms with Crippen molar-refractivity contribution in [2.45, 2.75) is 32.6 Å². The standard InChI is InChI=1S/C16H18O4S/c1-16(2,3)13-9-7-10-11(20-6-4-5-19-10)8-12(9)21-14(13)15(17)18/h7-8H,4-6H2,1-3H3,(H,17,18). The van der Waals surface area contributed by atoms with Crippen LogP contribution in [-0.2, 0) is 5.41 Å². The summed E-state index contributed by atoms with van der Waals surface area (Å²) in [6.07, 6.45) is 0.856. The molecular formula is C16H18O4S. The van der Waals surface area contributed by atoms with Crippen LogP contribution in [0.15, 0.2) is 12.1 Å². The van der Waals surface area contributed by atoms with Crippen molar-refractivity contribution in [3.8, 4) is 11.5 Å². The minimum absolute atomic E-state index is 0.244. The Labute approximate surface area is 127 Å². The van der Waals surface area contributed by atoms with Gasteiger partial charge >= 0.3 is 5.97 Å². The zero-order valence-electron chi connectivity index (χ0n) is 12.4. The van der Waals surface area contributed by atoms with E-state index in [1.807, 2.05) is 32.9 Å². The number of thiophene rings is 1. The van der Waals surface area contributed by atoms with Crippen LogP contribution < -0.4 is 9.47 Å². The summed E-state index contributed by atoms with van der Waals surface area (Å²) in [5, 5.41) is 10.4. The Morgan fingerprint density at radius 2 is 1.81 bits per heavy atom. The zero-order chi connectivity index (χ0) is 15.2. The van der Waals surface area contributed by atoms with Crippen LogP contribution in [0, 0.1) is 0 Å². The Morgan fingerprint density at radius 1 is 1.19 bits per heavy atom. The summed E-state index contributed by atoms with van der Waals surface area (Å²) in [6.45, 7) is 7.35. The zero-order valence-corrected chi connectivity index (χ0v) is 13.2. The molecule has 1 aromatic carbocycles. The lowest BCUT2D eigenvalue weighted by Crippen LogP contribution is -2.14. The minimum Gasteiger partial charge on any atom is -0.490 e. The Balaban J connectivity index is 2.29. The smallest absolute Gasteiger partial charge is 0.346 e. The van der Waals surface area contributed by atoms with Gasteiger partial charge < -0.3 is 14.6 Å². The average Bonchev–Trinajstić information content (AvgIpc) is 2.61. The lowest BCUT2D eigenvalue weighted by atomic mass is 9.85. The van der Waals surface area contributed by atoms with Gasteiger partial charge in [0.15, 0.2) is 11.5 Å². The molecule has 21 heavy (non-hydrogen) atoms. The predicted octanol–water partition coefficient (Wildman–Crippen LogP) is 4.06. The molecule has 0 amide bonds. The summed E-state index contributed by atoms with van der Waals surface area (Å²) >= 11 is 1.30. The fraction of sp³-hybridized carbons (Fsp3) is 0.438. The highest BCUT2D eigenvalue weighted by molar-refractivity contribution is 7.21. The molecule has 1 N–H and O–H groups in total. The van der Waals surface area contributed by atoms with Gasteiger partial charge in [-0.05, 0) is 17.0 Å². The summed E-state index contributed by atoms with van der Waals surface area (Å²) in [7, 11) is 0. The third-order valence-corrected chi connectivity index (χ3v) is 4.64. The molecule has 0 radical (unpaired) electrons. The molecule has 1 aliphatic heterocycles. The highest BCUT2D eigenvalue weighted by Gasteiger charge is 2.28. The summed E-state index contributed by atoms with van der Waals surface area (Å²) in [6, 6.07) is 3.84. The van der Waals surface area contributed by atoms with E-state index in [-0.39, 0.29) is 5.41 Å². The van der Waals surface area contributed by atoms with Gasteiger partial charge in [-0.2, -0.15) is 0 Å². The first-order chi connectivity index (χ1) is 9.88. The summed E-state index contributed by atoms with van der Waals surface area (Å²) in [5.74, 6) is 0.539. The van der Waals surface area contributed by atoms with E-state index in [9.17, 15) is 9.90 Å². The highest BCUT2D eigenvalue weighted by Crippen LogP contribution is 2.44. The third kappa shape index (κ3) is 2.46. The molecule has 0 atom stereocenters. The molecule has 4 nitrogen and oxygen atoms in total. The molecule has 2 heterocycles. The number of aromatic carboxylic acids is 1. The topological polar surface area (TPSA) is 55.8 Å². The average molecular weight is 306 g/mol. The number of hydrogen-bond acceptors (Lipinski definition) is 4. The molecule has 5 heteroatoms. The lowest BCUT2D eigenvalue weighted by Gasteiger charge is -2.19. The first-order valence-corrected chi connectivity index (χ1v) is 7.79. The number of carbonyl (C=O) groups is 1. The quantitative estimate of drug-likeness (QED) is 0.863. The molecule has 0 fully saturated rings. The number of rotatable bonds is 1. The summed E-state index contributed by atoms with van der Waals surface area (Å²) < 4.78 is 12.3. The van der Waals surface area contributed by atoms with Gasteiger partial charge in [-0.15, -0.1) is 11.3 Å². The second-order valence-electron chi connectivity index (χ2n) is 6.21. The molecule has 0 bridgehead atoms. The van der Waals surface area contributed by atoms with Crippen molar-refractivity contribution < 1.29 is 19.4 Å². The van der Waals surface area contributed by atoms with Crippen LogP contribution in [0.4, 0.5) is 0 Å². The normalized spacial score (nSPS) is 15.0. The van der Waals surface area contributed by atoms with Gasteiger partial charge in [0.25, 0.3) is 0 Å². The molecule has 112 valence electrons. The van der Waals surface area contributed by atoms with Crippen LogP contribution in [0.3, 0.4) is 0 Å². The van der Waals surface area contributed by atoms with Crippen LogP contribution in [0.1, 0.15) is 42.4 Å². The molecule has 0 saturated heterocycles. The van der Waals surface area contributed by atoms with E-state index >= 15 is 0 Å². The van der Waals surface area contributed by atoms with Crippen molar-refractivity contribution in [1.29, 1.82) is 0 Å². The Bertz CT molecular complexity index is 709. The van der Waals surface area contributed by atoms with Gasteiger partial charge in [-0.25, -0.2) is 4.79 Å².